The van der Waals surface area contributed by atoms with Gasteiger partial charge in [-0.15, -0.1) is 0 Å². The molecular weight excluding hydrogens is 472 g/mol. The molecule has 0 spiro atoms. The van der Waals surface area contributed by atoms with Crippen LogP contribution in [-0.4, -0.2) is 44.1 Å². The summed E-state index contributed by atoms with van der Waals surface area (Å²) in [5, 5.41) is 2.88. The molecule has 0 aliphatic carbocycles. The first kappa shape index (κ1) is 24.2. The highest BCUT2D eigenvalue weighted by Gasteiger charge is 2.41. The molecule has 11 heteroatoms. The van der Waals surface area contributed by atoms with Crippen molar-refractivity contribution in [2.75, 3.05) is 19.8 Å². The van der Waals surface area contributed by atoms with Gasteiger partial charge in [-0.2, -0.15) is 0 Å². The van der Waals surface area contributed by atoms with Crippen molar-refractivity contribution in [3.05, 3.63) is 51.8 Å². The van der Waals surface area contributed by atoms with Crippen LogP contribution in [0.25, 0.3) is 11.1 Å². The van der Waals surface area contributed by atoms with E-state index in [4.69, 9.17) is 38.4 Å². The van der Waals surface area contributed by atoms with Crippen LogP contribution in [0.4, 0.5) is 13.2 Å². The number of carbonyl (C=O) groups is 2. The number of nitrogens with one attached hydrogen (secondary N) is 1. The van der Waals surface area contributed by atoms with Gasteiger partial charge in [0, 0.05) is 17.1 Å². The molecule has 1 fully saturated rings. The minimum Gasteiger partial charge on any atom is -0.485 e. The largest absolute Gasteiger partial charge is 0.485 e. The third-order valence-electron chi connectivity index (χ3n) is 4.86. The molecular formula is C21H19Cl2F3N2O4. The molecule has 1 saturated heterocycles. The van der Waals surface area contributed by atoms with E-state index < -0.39 is 42.7 Å². The first-order valence-corrected chi connectivity index (χ1v) is 10.3. The van der Waals surface area contributed by atoms with Gasteiger partial charge in [0.1, 0.15) is 24.3 Å². The summed E-state index contributed by atoms with van der Waals surface area (Å²) in [5.41, 5.74) is 6.05. The highest BCUT2D eigenvalue weighted by Crippen LogP contribution is 2.39. The molecule has 2 aromatic carbocycles. The van der Waals surface area contributed by atoms with E-state index >= 15 is 0 Å². The Bertz CT molecular complexity index is 1020. The Morgan fingerprint density at radius 1 is 1.25 bits per heavy atom. The lowest BCUT2D eigenvalue weighted by molar-refractivity contribution is -0.167. The van der Waals surface area contributed by atoms with Gasteiger partial charge in [-0.1, -0.05) is 35.3 Å². The Kier molecular flexibility index (Phi) is 7.86. The molecule has 3 N–H and O–H groups in total. The summed E-state index contributed by atoms with van der Waals surface area (Å²) in [4.78, 5) is 23.2. The molecule has 0 bridgehead atoms. The number of ether oxygens (including phenoxy) is 2. The number of rotatable bonds is 9. The first-order valence-electron chi connectivity index (χ1n) is 9.54. The smallest absolute Gasteiger partial charge is 0.272 e. The molecule has 0 saturated carbocycles. The number of primary amides is 1. The third-order valence-corrected chi connectivity index (χ3v) is 5.36. The predicted molar refractivity (Wildman–Crippen MR) is 112 cm³/mol. The van der Waals surface area contributed by atoms with Crippen LogP contribution < -0.4 is 15.8 Å². The molecule has 32 heavy (non-hydrogen) atoms. The van der Waals surface area contributed by atoms with Gasteiger partial charge in [-0.25, -0.2) is 13.2 Å². The van der Waals surface area contributed by atoms with Gasteiger partial charge in [0.05, 0.1) is 17.5 Å². The summed E-state index contributed by atoms with van der Waals surface area (Å²) >= 11 is 12.1. The van der Waals surface area contributed by atoms with E-state index in [1.54, 1.807) is 6.07 Å². The predicted octanol–water partition coefficient (Wildman–Crippen LogP) is 3.60. The van der Waals surface area contributed by atoms with E-state index in [2.05, 4.69) is 5.32 Å². The first-order chi connectivity index (χ1) is 15.2. The second kappa shape index (κ2) is 10.4. The van der Waals surface area contributed by atoms with E-state index in [-0.39, 0.29) is 40.9 Å². The number of hydrogen-bond acceptors (Lipinski definition) is 4. The second-order valence-corrected chi connectivity index (χ2v) is 7.92. The SMILES string of the molecule is NC(=O)[C@@H]1OCC1C(=O)NCCc1ccc(-c2cc(Cl)cc(Cl)c2OCC(F)F)cc1F. The molecule has 0 radical (unpaired) electrons. The molecule has 2 amide bonds. The summed E-state index contributed by atoms with van der Waals surface area (Å²) in [6, 6.07) is 7.06. The zero-order valence-electron chi connectivity index (χ0n) is 16.5. The Hall–Kier alpha value is -2.49. The lowest BCUT2D eigenvalue weighted by Crippen LogP contribution is -2.55. The van der Waals surface area contributed by atoms with Gasteiger partial charge in [0.25, 0.3) is 6.43 Å². The lowest BCUT2D eigenvalue weighted by atomic mass is 9.96. The van der Waals surface area contributed by atoms with E-state index in [9.17, 15) is 22.8 Å². The molecule has 6 nitrogen and oxygen atoms in total. The average Bonchev–Trinajstić information content (AvgIpc) is 2.66. The number of benzene rings is 2. The Labute approximate surface area is 191 Å². The molecule has 1 unspecified atom stereocenters. The number of halogens is 5. The Morgan fingerprint density at radius 3 is 2.59 bits per heavy atom. The molecule has 172 valence electrons. The van der Waals surface area contributed by atoms with Crippen LogP contribution in [0.5, 0.6) is 5.75 Å². The van der Waals surface area contributed by atoms with Crippen molar-refractivity contribution in [3.8, 4) is 16.9 Å². The quantitative estimate of drug-likeness (QED) is 0.561. The van der Waals surface area contributed by atoms with Crippen LogP contribution in [0.1, 0.15) is 5.56 Å². The number of nitrogens with two attached hydrogens (primary N) is 1. The van der Waals surface area contributed by atoms with Crippen molar-refractivity contribution in [1.29, 1.82) is 0 Å². The molecule has 3 rings (SSSR count). The summed E-state index contributed by atoms with van der Waals surface area (Å²) in [5.74, 6) is -2.36. The molecule has 2 aromatic rings. The summed E-state index contributed by atoms with van der Waals surface area (Å²) in [6.07, 6.45) is -3.48. The number of carbonyl (C=O) groups excluding carboxylic acids is 2. The summed E-state index contributed by atoms with van der Waals surface area (Å²) < 4.78 is 49.9. The standard InChI is InChI=1S/C21H19Cl2F3N2O4/c22-12-6-13(18(15(23)7-12)32-9-17(25)26)11-2-1-10(16(24)5-11)3-4-28-21(30)14-8-31-19(14)20(27)29/h1-2,5-7,14,17,19H,3-4,8-9H2,(H2,27,29)(H,28,30)/t14?,19-/m1/s1. The van der Waals surface area contributed by atoms with Crippen LogP contribution in [-0.2, 0) is 20.7 Å². The van der Waals surface area contributed by atoms with Crippen molar-refractivity contribution >= 4 is 35.0 Å². The van der Waals surface area contributed by atoms with Crippen LogP contribution in [0.3, 0.4) is 0 Å². The van der Waals surface area contributed by atoms with Crippen molar-refractivity contribution in [2.24, 2.45) is 11.7 Å². The normalized spacial score (nSPS) is 17.7. The van der Waals surface area contributed by atoms with E-state index in [0.29, 0.717) is 11.1 Å². The van der Waals surface area contributed by atoms with E-state index in [1.165, 1.54) is 24.3 Å². The maximum atomic E-state index is 14.7. The third kappa shape index (κ3) is 5.65. The zero-order chi connectivity index (χ0) is 23.4. The van der Waals surface area contributed by atoms with Crippen molar-refractivity contribution < 1.29 is 32.2 Å². The molecule has 1 heterocycles. The summed E-state index contributed by atoms with van der Waals surface area (Å²) in [7, 11) is 0. The van der Waals surface area contributed by atoms with Gasteiger partial charge in [-0.05, 0) is 35.7 Å². The van der Waals surface area contributed by atoms with Gasteiger partial charge < -0.3 is 20.5 Å². The minimum absolute atomic E-state index is 0.0228. The van der Waals surface area contributed by atoms with Crippen LogP contribution in [0.2, 0.25) is 10.0 Å². The van der Waals surface area contributed by atoms with Gasteiger partial charge >= 0.3 is 0 Å². The average molecular weight is 491 g/mol. The van der Waals surface area contributed by atoms with Crippen LogP contribution >= 0.6 is 23.2 Å². The molecule has 1 aliphatic heterocycles. The van der Waals surface area contributed by atoms with Gasteiger partial charge in [-0.3, -0.25) is 9.59 Å². The second-order valence-electron chi connectivity index (χ2n) is 7.08. The van der Waals surface area contributed by atoms with Crippen molar-refractivity contribution in [2.45, 2.75) is 19.0 Å². The fourth-order valence-electron chi connectivity index (χ4n) is 3.22. The molecule has 0 aromatic heterocycles. The maximum absolute atomic E-state index is 14.7. The van der Waals surface area contributed by atoms with Crippen molar-refractivity contribution in [3.63, 3.8) is 0 Å². The Balaban J connectivity index is 1.69. The van der Waals surface area contributed by atoms with Crippen LogP contribution in [0.15, 0.2) is 30.3 Å². The zero-order valence-corrected chi connectivity index (χ0v) is 18.1. The van der Waals surface area contributed by atoms with E-state index in [1.807, 2.05) is 0 Å². The highest BCUT2D eigenvalue weighted by molar-refractivity contribution is 6.36. The van der Waals surface area contributed by atoms with Gasteiger partial charge in [0.2, 0.25) is 11.8 Å². The number of amides is 2. The number of hydrogen-bond donors (Lipinski definition) is 2. The van der Waals surface area contributed by atoms with Crippen molar-refractivity contribution in [1.82, 2.24) is 5.32 Å². The molecule has 2 atom stereocenters. The molecule has 1 aliphatic rings. The summed E-state index contributed by atoms with van der Waals surface area (Å²) in [6.45, 7) is -0.652. The monoisotopic (exact) mass is 490 g/mol. The fourth-order valence-corrected chi connectivity index (χ4v) is 3.77. The lowest BCUT2D eigenvalue weighted by Gasteiger charge is -2.33. The Morgan fingerprint density at radius 2 is 2.00 bits per heavy atom. The minimum atomic E-state index is -2.71. The number of alkyl halides is 2. The maximum Gasteiger partial charge on any atom is 0.272 e. The topological polar surface area (TPSA) is 90.7 Å². The van der Waals surface area contributed by atoms with Gasteiger partial charge in [0.15, 0.2) is 0 Å². The van der Waals surface area contributed by atoms with E-state index in [0.717, 1.165) is 0 Å². The van der Waals surface area contributed by atoms with Crippen LogP contribution in [0, 0.1) is 11.7 Å². The highest BCUT2D eigenvalue weighted by atomic mass is 35.5. The fraction of sp³-hybridized carbons (Fsp3) is 0.333.